The minimum atomic E-state index is 0.350. The van der Waals surface area contributed by atoms with Gasteiger partial charge in [-0.3, -0.25) is 4.90 Å². The molecule has 1 aliphatic rings. The summed E-state index contributed by atoms with van der Waals surface area (Å²) in [7, 11) is 0. The number of piperidine rings is 1. The first-order chi connectivity index (χ1) is 5.72. The zero-order valence-corrected chi connectivity index (χ0v) is 8.89. The molecule has 0 aromatic heterocycles. The minimum absolute atomic E-state index is 0.350. The van der Waals surface area contributed by atoms with Crippen molar-refractivity contribution in [2.75, 3.05) is 26.2 Å². The average Bonchev–Trinajstić information content (AvgIpc) is 2.05. The van der Waals surface area contributed by atoms with Crippen LogP contribution in [0, 0.1) is 5.92 Å². The number of rotatable bonds is 3. The van der Waals surface area contributed by atoms with Gasteiger partial charge < -0.3 is 5.11 Å². The van der Waals surface area contributed by atoms with Crippen molar-refractivity contribution >= 4 is 15.9 Å². The summed E-state index contributed by atoms with van der Waals surface area (Å²) in [6, 6.07) is 0. The SMILES string of the molecule is C=C(Br)CN1CCC(CO)CC1. The van der Waals surface area contributed by atoms with Crippen molar-refractivity contribution in [2.45, 2.75) is 12.8 Å². The van der Waals surface area contributed by atoms with E-state index in [0.717, 1.165) is 37.0 Å². The molecular weight excluding hydrogens is 218 g/mol. The van der Waals surface area contributed by atoms with Crippen molar-refractivity contribution < 1.29 is 5.11 Å². The first-order valence-electron chi connectivity index (χ1n) is 4.39. The van der Waals surface area contributed by atoms with Crippen LogP contribution >= 0.6 is 15.9 Å². The van der Waals surface area contributed by atoms with Gasteiger partial charge in [0, 0.05) is 17.6 Å². The van der Waals surface area contributed by atoms with Gasteiger partial charge in [-0.15, -0.1) is 0 Å². The number of aliphatic hydroxyl groups excluding tert-OH is 1. The third-order valence-corrected chi connectivity index (χ3v) is 2.61. The van der Waals surface area contributed by atoms with Crippen LogP contribution in [0.15, 0.2) is 11.1 Å². The predicted octanol–water partition coefficient (Wildman–Crippen LogP) is 1.60. The highest BCUT2D eigenvalue weighted by atomic mass is 79.9. The molecule has 70 valence electrons. The van der Waals surface area contributed by atoms with Crippen molar-refractivity contribution in [3.63, 3.8) is 0 Å². The Hall–Kier alpha value is 0.140. The first-order valence-corrected chi connectivity index (χ1v) is 5.18. The summed E-state index contributed by atoms with van der Waals surface area (Å²) >= 11 is 3.36. The highest BCUT2D eigenvalue weighted by Gasteiger charge is 2.17. The Morgan fingerprint density at radius 3 is 2.50 bits per heavy atom. The fourth-order valence-electron chi connectivity index (χ4n) is 1.57. The number of nitrogens with zero attached hydrogens (tertiary/aromatic N) is 1. The number of likely N-dealkylation sites (tertiary alicyclic amines) is 1. The quantitative estimate of drug-likeness (QED) is 0.801. The van der Waals surface area contributed by atoms with Crippen LogP contribution in [-0.2, 0) is 0 Å². The number of hydrogen-bond acceptors (Lipinski definition) is 2. The summed E-state index contributed by atoms with van der Waals surface area (Å²) in [4.78, 5) is 2.36. The van der Waals surface area contributed by atoms with Crippen molar-refractivity contribution in [1.82, 2.24) is 4.90 Å². The Balaban J connectivity index is 2.21. The standard InChI is InChI=1S/C9H16BrNO/c1-8(10)6-11-4-2-9(7-12)3-5-11/h9,12H,1-7H2. The second kappa shape index (κ2) is 5.00. The van der Waals surface area contributed by atoms with Gasteiger partial charge in [0.1, 0.15) is 0 Å². The van der Waals surface area contributed by atoms with Crippen LogP contribution in [0.3, 0.4) is 0 Å². The molecule has 1 heterocycles. The van der Waals surface area contributed by atoms with Crippen molar-refractivity contribution in [2.24, 2.45) is 5.92 Å². The van der Waals surface area contributed by atoms with Crippen molar-refractivity contribution in [1.29, 1.82) is 0 Å². The van der Waals surface area contributed by atoms with E-state index in [1.807, 2.05) is 0 Å². The Morgan fingerprint density at radius 2 is 2.08 bits per heavy atom. The van der Waals surface area contributed by atoms with E-state index in [-0.39, 0.29) is 0 Å². The Kier molecular flexibility index (Phi) is 4.26. The molecule has 0 spiro atoms. The molecule has 1 aliphatic heterocycles. The number of halogens is 1. The lowest BCUT2D eigenvalue weighted by molar-refractivity contribution is 0.139. The van der Waals surface area contributed by atoms with Crippen LogP contribution in [0.1, 0.15) is 12.8 Å². The van der Waals surface area contributed by atoms with E-state index >= 15 is 0 Å². The molecule has 0 bridgehead atoms. The average molecular weight is 234 g/mol. The molecule has 0 aliphatic carbocycles. The molecule has 0 saturated carbocycles. The molecule has 0 aromatic carbocycles. The highest BCUT2D eigenvalue weighted by Crippen LogP contribution is 2.17. The van der Waals surface area contributed by atoms with Crippen LogP contribution in [0.4, 0.5) is 0 Å². The van der Waals surface area contributed by atoms with Gasteiger partial charge in [0.15, 0.2) is 0 Å². The first kappa shape index (κ1) is 10.2. The van der Waals surface area contributed by atoms with Crippen LogP contribution in [-0.4, -0.2) is 36.2 Å². The number of hydrogen-bond donors (Lipinski definition) is 1. The van der Waals surface area contributed by atoms with Crippen molar-refractivity contribution in [3.05, 3.63) is 11.1 Å². The van der Waals surface area contributed by atoms with E-state index < -0.39 is 0 Å². The van der Waals surface area contributed by atoms with E-state index in [1.54, 1.807) is 0 Å². The van der Waals surface area contributed by atoms with Crippen LogP contribution in [0.25, 0.3) is 0 Å². The molecule has 2 nitrogen and oxygen atoms in total. The van der Waals surface area contributed by atoms with Gasteiger partial charge in [0.2, 0.25) is 0 Å². The monoisotopic (exact) mass is 233 g/mol. The van der Waals surface area contributed by atoms with Crippen LogP contribution in [0.5, 0.6) is 0 Å². The van der Waals surface area contributed by atoms with E-state index in [1.165, 1.54) is 0 Å². The van der Waals surface area contributed by atoms with Gasteiger partial charge in [0.05, 0.1) is 0 Å². The summed E-state index contributed by atoms with van der Waals surface area (Å²) in [6.45, 7) is 7.29. The molecule has 12 heavy (non-hydrogen) atoms. The second-order valence-electron chi connectivity index (χ2n) is 3.42. The molecule has 0 radical (unpaired) electrons. The summed E-state index contributed by atoms with van der Waals surface area (Å²) in [5.74, 6) is 0.532. The van der Waals surface area contributed by atoms with Gasteiger partial charge in [-0.1, -0.05) is 22.5 Å². The summed E-state index contributed by atoms with van der Waals surface area (Å²) in [5, 5.41) is 8.91. The highest BCUT2D eigenvalue weighted by molar-refractivity contribution is 9.11. The zero-order chi connectivity index (χ0) is 8.97. The smallest absolute Gasteiger partial charge is 0.0460 e. The van der Waals surface area contributed by atoms with Gasteiger partial charge in [0.25, 0.3) is 0 Å². The van der Waals surface area contributed by atoms with Gasteiger partial charge in [-0.05, 0) is 31.8 Å². The molecule has 0 unspecified atom stereocenters. The minimum Gasteiger partial charge on any atom is -0.396 e. The lowest BCUT2D eigenvalue weighted by Gasteiger charge is -2.30. The zero-order valence-electron chi connectivity index (χ0n) is 7.30. The van der Waals surface area contributed by atoms with E-state index in [2.05, 4.69) is 27.4 Å². The molecule has 0 atom stereocenters. The maximum atomic E-state index is 8.91. The Bertz CT molecular complexity index is 153. The van der Waals surface area contributed by atoms with E-state index in [0.29, 0.717) is 12.5 Å². The molecule has 1 saturated heterocycles. The fraction of sp³-hybridized carbons (Fsp3) is 0.778. The third kappa shape index (κ3) is 3.25. The molecule has 0 amide bonds. The summed E-state index contributed by atoms with van der Waals surface area (Å²) in [6.07, 6.45) is 2.24. The van der Waals surface area contributed by atoms with Crippen LogP contribution in [0.2, 0.25) is 0 Å². The molecule has 1 fully saturated rings. The third-order valence-electron chi connectivity index (χ3n) is 2.36. The van der Waals surface area contributed by atoms with Crippen LogP contribution < -0.4 is 0 Å². The number of aliphatic hydroxyl groups is 1. The molecule has 0 aromatic rings. The topological polar surface area (TPSA) is 23.5 Å². The van der Waals surface area contributed by atoms with Gasteiger partial charge in [-0.2, -0.15) is 0 Å². The Morgan fingerprint density at radius 1 is 1.50 bits per heavy atom. The summed E-state index contributed by atoms with van der Waals surface area (Å²) < 4.78 is 1.05. The molecular formula is C9H16BrNO. The van der Waals surface area contributed by atoms with Gasteiger partial charge >= 0.3 is 0 Å². The van der Waals surface area contributed by atoms with E-state index in [9.17, 15) is 0 Å². The molecule has 1 rings (SSSR count). The largest absolute Gasteiger partial charge is 0.396 e. The van der Waals surface area contributed by atoms with Gasteiger partial charge in [-0.25, -0.2) is 0 Å². The Labute approximate surface area is 82.4 Å². The lowest BCUT2D eigenvalue weighted by Crippen LogP contribution is -2.35. The molecule has 3 heteroatoms. The maximum Gasteiger partial charge on any atom is 0.0460 e. The van der Waals surface area contributed by atoms with Crippen molar-refractivity contribution in [3.8, 4) is 0 Å². The second-order valence-corrected chi connectivity index (χ2v) is 4.54. The summed E-state index contributed by atoms with van der Waals surface area (Å²) in [5.41, 5.74) is 0. The maximum absolute atomic E-state index is 8.91. The predicted molar refractivity (Wildman–Crippen MR) is 54.3 cm³/mol. The van der Waals surface area contributed by atoms with E-state index in [4.69, 9.17) is 5.11 Å². The lowest BCUT2D eigenvalue weighted by atomic mass is 9.98. The fourth-order valence-corrected chi connectivity index (χ4v) is 1.92. The normalized spacial score (nSPS) is 21.2. The molecule has 1 N–H and O–H groups in total.